The van der Waals surface area contributed by atoms with Crippen LogP contribution in [-0.2, 0) is 9.53 Å². The third-order valence-electron chi connectivity index (χ3n) is 3.91. The van der Waals surface area contributed by atoms with Gasteiger partial charge in [-0.15, -0.1) is 11.6 Å². The third-order valence-corrected chi connectivity index (χ3v) is 4.08. The van der Waals surface area contributed by atoms with Crippen molar-refractivity contribution in [3.05, 3.63) is 71.4 Å². The number of cyclic esters (lactones) is 1. The Morgan fingerprint density at radius 2 is 1.81 bits per heavy atom. The van der Waals surface area contributed by atoms with Crippen LogP contribution in [0.3, 0.4) is 0 Å². The summed E-state index contributed by atoms with van der Waals surface area (Å²) < 4.78 is 17.9. The number of hydrogen-bond donors (Lipinski definition) is 0. The van der Waals surface area contributed by atoms with E-state index >= 15 is 0 Å². The minimum Gasteiger partial charge on any atom is -0.402 e. The van der Waals surface area contributed by atoms with Gasteiger partial charge in [-0.3, -0.25) is 0 Å². The molecule has 0 fully saturated rings. The molecule has 0 bridgehead atoms. The number of hydrogen-bond acceptors (Lipinski definition) is 4. The van der Waals surface area contributed by atoms with Gasteiger partial charge in [0.15, 0.2) is 5.70 Å². The molecule has 1 heterocycles. The number of anilines is 1. The number of carbonyl (C=O) groups is 1. The predicted octanol–water partition coefficient (Wildman–Crippen LogP) is 4.05. The number of benzene rings is 2. The Bertz CT molecular complexity index is 813. The highest BCUT2D eigenvalue weighted by molar-refractivity contribution is 6.18. The quantitative estimate of drug-likeness (QED) is 0.418. The Morgan fingerprint density at radius 1 is 1.08 bits per heavy atom. The van der Waals surface area contributed by atoms with E-state index in [1.807, 2.05) is 59.5 Å². The molecule has 134 valence electrons. The normalized spacial score (nSPS) is 15.1. The topological polar surface area (TPSA) is 41.9 Å². The van der Waals surface area contributed by atoms with Crippen molar-refractivity contribution in [2.45, 2.75) is 0 Å². The van der Waals surface area contributed by atoms with Crippen LogP contribution in [0.2, 0.25) is 0 Å². The first kappa shape index (κ1) is 18.1. The molecule has 1 aliphatic rings. The average Bonchev–Trinajstić information content (AvgIpc) is 3.03. The van der Waals surface area contributed by atoms with Gasteiger partial charge in [-0.25, -0.2) is 14.2 Å². The van der Waals surface area contributed by atoms with Crippen LogP contribution in [0.15, 0.2) is 65.3 Å². The van der Waals surface area contributed by atoms with Crippen LogP contribution >= 0.6 is 11.6 Å². The van der Waals surface area contributed by atoms with Gasteiger partial charge in [-0.2, -0.15) is 0 Å². The van der Waals surface area contributed by atoms with Gasteiger partial charge in [-0.05, 0) is 35.9 Å². The van der Waals surface area contributed by atoms with Gasteiger partial charge in [0, 0.05) is 30.2 Å². The summed E-state index contributed by atoms with van der Waals surface area (Å²) in [6.07, 6.45) is 1.67. The van der Waals surface area contributed by atoms with Crippen molar-refractivity contribution < 1.29 is 13.9 Å². The molecule has 6 heteroatoms. The maximum atomic E-state index is 12.7. The summed E-state index contributed by atoms with van der Waals surface area (Å²) in [7, 11) is 0. The second-order valence-electron chi connectivity index (χ2n) is 5.66. The molecule has 0 radical (unpaired) electrons. The SMILES string of the molecule is O=C1OC(c2ccccc2)=N/C1=C\c1ccc(N(CCF)CCCl)cc1. The third kappa shape index (κ3) is 4.29. The molecule has 2 aromatic rings. The van der Waals surface area contributed by atoms with Crippen molar-refractivity contribution in [3.8, 4) is 0 Å². The fourth-order valence-corrected chi connectivity index (χ4v) is 2.83. The van der Waals surface area contributed by atoms with Crippen LogP contribution in [-0.4, -0.2) is 37.5 Å². The van der Waals surface area contributed by atoms with E-state index in [0.29, 0.717) is 24.9 Å². The van der Waals surface area contributed by atoms with E-state index in [1.165, 1.54) is 0 Å². The van der Waals surface area contributed by atoms with E-state index in [1.54, 1.807) is 6.08 Å². The molecular formula is C20H18ClFN2O2. The number of alkyl halides is 2. The molecular weight excluding hydrogens is 355 g/mol. The van der Waals surface area contributed by atoms with Crippen LogP contribution in [0.4, 0.5) is 10.1 Å². The Kier molecular flexibility index (Phi) is 6.02. The van der Waals surface area contributed by atoms with Crippen LogP contribution in [0, 0.1) is 0 Å². The lowest BCUT2D eigenvalue weighted by atomic mass is 10.1. The van der Waals surface area contributed by atoms with Crippen LogP contribution < -0.4 is 4.90 Å². The highest BCUT2D eigenvalue weighted by Crippen LogP contribution is 2.21. The van der Waals surface area contributed by atoms with E-state index < -0.39 is 12.6 Å². The van der Waals surface area contributed by atoms with Gasteiger partial charge >= 0.3 is 5.97 Å². The van der Waals surface area contributed by atoms with Crippen molar-refractivity contribution in [1.82, 2.24) is 0 Å². The average molecular weight is 373 g/mol. The Hall–Kier alpha value is -2.66. The number of esters is 1. The molecule has 26 heavy (non-hydrogen) atoms. The molecule has 4 nitrogen and oxygen atoms in total. The molecule has 0 saturated heterocycles. The van der Waals surface area contributed by atoms with Crippen LogP contribution in [0.5, 0.6) is 0 Å². The fraction of sp³-hybridized carbons (Fsp3) is 0.200. The standard InChI is InChI=1S/C20H18ClFN2O2/c21-10-12-24(13-11-22)17-8-6-15(7-9-17)14-18-20(25)26-19(23-18)16-4-2-1-3-5-16/h1-9,14H,10-13H2/b18-14-. The molecule has 2 aromatic carbocycles. The Balaban J connectivity index is 1.79. The lowest BCUT2D eigenvalue weighted by molar-refractivity contribution is -0.129. The summed E-state index contributed by atoms with van der Waals surface area (Å²) in [5.41, 5.74) is 2.69. The number of ether oxygens (including phenoxy) is 1. The highest BCUT2D eigenvalue weighted by atomic mass is 35.5. The number of nitrogens with zero attached hydrogens (tertiary/aromatic N) is 2. The lowest BCUT2D eigenvalue weighted by Gasteiger charge is -2.22. The molecule has 0 N–H and O–H groups in total. The molecule has 0 saturated carbocycles. The number of carbonyl (C=O) groups excluding carboxylic acids is 1. The van der Waals surface area contributed by atoms with Gasteiger partial charge in [-0.1, -0.05) is 30.3 Å². The molecule has 0 aliphatic carbocycles. The largest absolute Gasteiger partial charge is 0.402 e. The summed E-state index contributed by atoms with van der Waals surface area (Å²) in [5, 5.41) is 0. The number of rotatable bonds is 7. The summed E-state index contributed by atoms with van der Waals surface area (Å²) in [5.74, 6) is 0.248. The van der Waals surface area contributed by atoms with E-state index in [0.717, 1.165) is 16.8 Å². The second-order valence-corrected chi connectivity index (χ2v) is 6.04. The van der Waals surface area contributed by atoms with Crippen molar-refractivity contribution in [2.24, 2.45) is 4.99 Å². The number of aliphatic imine (C=N–C) groups is 1. The lowest BCUT2D eigenvalue weighted by Crippen LogP contribution is -2.27. The van der Waals surface area contributed by atoms with E-state index in [4.69, 9.17) is 16.3 Å². The van der Waals surface area contributed by atoms with Crippen molar-refractivity contribution in [2.75, 3.05) is 30.5 Å². The molecule has 3 rings (SSSR count). The highest BCUT2D eigenvalue weighted by Gasteiger charge is 2.23. The Morgan fingerprint density at radius 3 is 2.46 bits per heavy atom. The van der Waals surface area contributed by atoms with Crippen LogP contribution in [0.1, 0.15) is 11.1 Å². The van der Waals surface area contributed by atoms with Gasteiger partial charge in [0.1, 0.15) is 6.67 Å². The molecule has 0 amide bonds. The summed E-state index contributed by atoms with van der Waals surface area (Å²) in [6.45, 7) is 0.429. The zero-order valence-corrected chi connectivity index (χ0v) is 14.8. The van der Waals surface area contributed by atoms with Gasteiger partial charge in [0.25, 0.3) is 0 Å². The fourth-order valence-electron chi connectivity index (χ4n) is 2.63. The van der Waals surface area contributed by atoms with Gasteiger partial charge < -0.3 is 9.64 Å². The minimum absolute atomic E-state index is 0.248. The van der Waals surface area contributed by atoms with E-state index in [2.05, 4.69) is 4.99 Å². The van der Waals surface area contributed by atoms with Gasteiger partial charge in [0.05, 0.1) is 0 Å². The zero-order chi connectivity index (χ0) is 18.4. The summed E-state index contributed by atoms with van der Waals surface area (Å²) in [6, 6.07) is 16.7. The minimum atomic E-state index is -0.478. The first-order valence-corrected chi connectivity index (χ1v) is 8.79. The molecule has 1 aliphatic heterocycles. The smallest absolute Gasteiger partial charge is 0.363 e. The van der Waals surface area contributed by atoms with Crippen LogP contribution in [0.25, 0.3) is 6.08 Å². The van der Waals surface area contributed by atoms with Gasteiger partial charge in [0.2, 0.25) is 5.90 Å². The molecule has 0 atom stereocenters. The number of halogens is 2. The van der Waals surface area contributed by atoms with E-state index in [9.17, 15) is 9.18 Å². The maximum Gasteiger partial charge on any atom is 0.363 e. The van der Waals surface area contributed by atoms with E-state index in [-0.39, 0.29) is 5.70 Å². The van der Waals surface area contributed by atoms with Crippen molar-refractivity contribution in [3.63, 3.8) is 0 Å². The van der Waals surface area contributed by atoms with Crippen molar-refractivity contribution >= 4 is 35.2 Å². The predicted molar refractivity (Wildman–Crippen MR) is 102 cm³/mol. The first-order chi connectivity index (χ1) is 12.7. The monoisotopic (exact) mass is 372 g/mol. The molecule has 0 aromatic heterocycles. The second kappa shape index (κ2) is 8.63. The first-order valence-electron chi connectivity index (χ1n) is 8.26. The molecule has 0 unspecified atom stereocenters. The van der Waals surface area contributed by atoms with Crippen molar-refractivity contribution in [1.29, 1.82) is 0 Å². The summed E-state index contributed by atoms with van der Waals surface area (Å²) in [4.78, 5) is 18.2. The summed E-state index contributed by atoms with van der Waals surface area (Å²) >= 11 is 5.77. The zero-order valence-electron chi connectivity index (χ0n) is 14.1. The molecule has 0 spiro atoms. The Labute approximate surface area is 156 Å². The maximum absolute atomic E-state index is 12.7.